The lowest BCUT2D eigenvalue weighted by molar-refractivity contribution is -0.116. The van der Waals surface area contributed by atoms with Gasteiger partial charge in [-0.2, -0.15) is 0 Å². The molecule has 1 saturated heterocycles. The minimum atomic E-state index is 0.000656. The highest BCUT2D eigenvalue weighted by Crippen LogP contribution is 2.22. The van der Waals surface area contributed by atoms with Crippen LogP contribution >= 0.6 is 0 Å². The Morgan fingerprint density at radius 2 is 2.24 bits per heavy atom. The maximum Gasteiger partial charge on any atom is 0.225 e. The number of nitrogens with zero attached hydrogens (tertiary/aromatic N) is 1. The van der Waals surface area contributed by atoms with Gasteiger partial charge in [0.05, 0.1) is 11.4 Å². The predicted molar refractivity (Wildman–Crippen MR) is 85.0 cm³/mol. The van der Waals surface area contributed by atoms with E-state index in [1.165, 1.54) is 12.8 Å². The Morgan fingerprint density at radius 1 is 1.43 bits per heavy atom. The van der Waals surface area contributed by atoms with Gasteiger partial charge in [-0.15, -0.1) is 0 Å². The highest BCUT2D eigenvalue weighted by molar-refractivity contribution is 5.93. The van der Waals surface area contributed by atoms with Gasteiger partial charge in [0.1, 0.15) is 0 Å². The molecule has 1 atom stereocenters. The molecule has 1 amide bonds. The van der Waals surface area contributed by atoms with E-state index >= 15 is 0 Å². The Bertz CT molecular complexity index is 465. The number of nitrogen functional groups attached to an aromatic ring is 1. The second kappa shape index (κ2) is 8.00. The number of hydrogen-bond acceptors (Lipinski definition) is 4. The SMILES string of the molecule is Nc1ccccc1NC(=O)CCN1CCCC1CCCO. The molecule has 0 bridgehead atoms. The molecule has 1 unspecified atom stereocenters. The molecular weight excluding hydrogens is 266 g/mol. The number of anilines is 2. The van der Waals surface area contributed by atoms with Crippen molar-refractivity contribution in [3.8, 4) is 0 Å². The van der Waals surface area contributed by atoms with E-state index in [1.54, 1.807) is 6.07 Å². The summed E-state index contributed by atoms with van der Waals surface area (Å²) in [6.45, 7) is 2.07. The van der Waals surface area contributed by atoms with Gasteiger partial charge < -0.3 is 16.2 Å². The van der Waals surface area contributed by atoms with Crippen molar-refractivity contribution in [2.45, 2.75) is 38.1 Å². The van der Waals surface area contributed by atoms with Crippen molar-refractivity contribution < 1.29 is 9.90 Å². The smallest absolute Gasteiger partial charge is 0.225 e. The van der Waals surface area contributed by atoms with Gasteiger partial charge in [-0.3, -0.25) is 9.69 Å². The molecular formula is C16H25N3O2. The van der Waals surface area contributed by atoms with Gasteiger partial charge in [-0.25, -0.2) is 0 Å². The summed E-state index contributed by atoms with van der Waals surface area (Å²) in [6.07, 6.45) is 4.69. The number of carbonyl (C=O) groups is 1. The Balaban J connectivity index is 1.77. The second-order valence-corrected chi connectivity index (χ2v) is 5.58. The Hall–Kier alpha value is -1.59. The minimum absolute atomic E-state index is 0.000656. The molecule has 21 heavy (non-hydrogen) atoms. The number of rotatable bonds is 7. The average molecular weight is 291 g/mol. The zero-order chi connectivity index (χ0) is 15.1. The highest BCUT2D eigenvalue weighted by atomic mass is 16.2. The van der Waals surface area contributed by atoms with Crippen molar-refractivity contribution in [2.75, 3.05) is 30.7 Å². The van der Waals surface area contributed by atoms with Gasteiger partial charge in [0.15, 0.2) is 0 Å². The van der Waals surface area contributed by atoms with Crippen LogP contribution in [0.15, 0.2) is 24.3 Å². The molecule has 0 aromatic heterocycles. The summed E-state index contributed by atoms with van der Waals surface area (Å²) >= 11 is 0. The monoisotopic (exact) mass is 291 g/mol. The number of hydrogen-bond donors (Lipinski definition) is 3. The van der Waals surface area contributed by atoms with Crippen LogP contribution in [-0.2, 0) is 4.79 Å². The number of likely N-dealkylation sites (tertiary alicyclic amines) is 1. The molecule has 0 spiro atoms. The summed E-state index contributed by atoms with van der Waals surface area (Å²) in [5, 5.41) is 11.8. The van der Waals surface area contributed by atoms with Gasteiger partial charge >= 0.3 is 0 Å². The predicted octanol–water partition coefficient (Wildman–Crippen LogP) is 1.83. The molecule has 5 nitrogen and oxygen atoms in total. The molecule has 0 radical (unpaired) electrons. The van der Waals surface area contributed by atoms with Gasteiger partial charge in [0, 0.05) is 25.6 Å². The standard InChI is InChI=1S/C16H25N3O2/c17-14-7-1-2-8-15(14)18-16(21)9-11-19-10-3-5-13(19)6-4-12-20/h1-2,7-8,13,20H,3-6,9-12,17H2,(H,18,21). The first-order valence-corrected chi connectivity index (χ1v) is 7.70. The lowest BCUT2D eigenvalue weighted by atomic mass is 10.1. The summed E-state index contributed by atoms with van der Waals surface area (Å²) < 4.78 is 0. The molecule has 0 aliphatic carbocycles. The van der Waals surface area contributed by atoms with Crippen molar-refractivity contribution in [1.82, 2.24) is 4.90 Å². The van der Waals surface area contributed by atoms with Gasteiger partial charge in [-0.05, 0) is 44.4 Å². The number of aliphatic hydroxyl groups excluding tert-OH is 1. The molecule has 2 rings (SSSR count). The van der Waals surface area contributed by atoms with E-state index < -0.39 is 0 Å². The van der Waals surface area contributed by atoms with Crippen molar-refractivity contribution in [3.63, 3.8) is 0 Å². The van der Waals surface area contributed by atoms with Crippen molar-refractivity contribution in [1.29, 1.82) is 0 Å². The molecule has 116 valence electrons. The molecule has 1 aliphatic heterocycles. The van der Waals surface area contributed by atoms with Gasteiger partial charge in [0.2, 0.25) is 5.91 Å². The Labute approximate surface area is 126 Å². The topological polar surface area (TPSA) is 78.6 Å². The lowest BCUT2D eigenvalue weighted by Gasteiger charge is -2.24. The number of carbonyl (C=O) groups excluding carboxylic acids is 1. The van der Waals surface area contributed by atoms with Crippen LogP contribution in [0, 0.1) is 0 Å². The summed E-state index contributed by atoms with van der Waals surface area (Å²) in [5.41, 5.74) is 7.09. The third-order valence-electron chi connectivity index (χ3n) is 4.06. The zero-order valence-corrected chi connectivity index (χ0v) is 12.4. The van der Waals surface area contributed by atoms with Crippen LogP contribution in [0.5, 0.6) is 0 Å². The molecule has 1 aromatic rings. The van der Waals surface area contributed by atoms with E-state index in [1.807, 2.05) is 18.2 Å². The van der Waals surface area contributed by atoms with Crippen LogP contribution in [0.25, 0.3) is 0 Å². The maximum atomic E-state index is 12.0. The molecule has 1 fully saturated rings. The molecule has 1 heterocycles. The summed E-state index contributed by atoms with van der Waals surface area (Å²) in [6, 6.07) is 7.82. The van der Waals surface area contributed by atoms with Crippen LogP contribution in [-0.4, -0.2) is 41.7 Å². The fourth-order valence-electron chi connectivity index (χ4n) is 2.91. The number of para-hydroxylation sites is 2. The quantitative estimate of drug-likeness (QED) is 0.670. The first kappa shape index (κ1) is 15.8. The number of amides is 1. The fraction of sp³-hybridized carbons (Fsp3) is 0.562. The third-order valence-corrected chi connectivity index (χ3v) is 4.06. The van der Waals surface area contributed by atoms with Crippen LogP contribution in [0.1, 0.15) is 32.1 Å². The largest absolute Gasteiger partial charge is 0.397 e. The van der Waals surface area contributed by atoms with Crippen molar-refractivity contribution in [2.24, 2.45) is 0 Å². The van der Waals surface area contributed by atoms with E-state index in [2.05, 4.69) is 10.2 Å². The number of nitrogens with one attached hydrogen (secondary N) is 1. The number of aliphatic hydroxyl groups is 1. The van der Waals surface area contributed by atoms with Gasteiger partial charge in [0.25, 0.3) is 0 Å². The van der Waals surface area contributed by atoms with Crippen LogP contribution < -0.4 is 11.1 Å². The van der Waals surface area contributed by atoms with Crippen molar-refractivity contribution in [3.05, 3.63) is 24.3 Å². The Kier molecular flexibility index (Phi) is 6.02. The number of benzene rings is 1. The summed E-state index contributed by atoms with van der Waals surface area (Å²) in [7, 11) is 0. The fourth-order valence-corrected chi connectivity index (χ4v) is 2.91. The lowest BCUT2D eigenvalue weighted by Crippen LogP contribution is -2.32. The summed E-state index contributed by atoms with van der Waals surface area (Å²) in [5.74, 6) is 0.000656. The maximum absolute atomic E-state index is 12.0. The first-order valence-electron chi connectivity index (χ1n) is 7.70. The van der Waals surface area contributed by atoms with E-state index in [9.17, 15) is 4.79 Å². The van der Waals surface area contributed by atoms with Crippen molar-refractivity contribution >= 4 is 17.3 Å². The van der Waals surface area contributed by atoms with Crippen LogP contribution in [0.3, 0.4) is 0 Å². The van der Waals surface area contributed by atoms with Gasteiger partial charge in [-0.1, -0.05) is 12.1 Å². The zero-order valence-electron chi connectivity index (χ0n) is 12.4. The highest BCUT2D eigenvalue weighted by Gasteiger charge is 2.24. The third kappa shape index (κ3) is 4.72. The summed E-state index contributed by atoms with van der Waals surface area (Å²) in [4.78, 5) is 14.4. The van der Waals surface area contributed by atoms with E-state index in [4.69, 9.17) is 10.8 Å². The van der Waals surface area contributed by atoms with E-state index in [0.29, 0.717) is 23.8 Å². The number of nitrogens with two attached hydrogens (primary N) is 1. The Morgan fingerprint density at radius 3 is 3.00 bits per heavy atom. The first-order chi connectivity index (χ1) is 10.2. The average Bonchev–Trinajstić information content (AvgIpc) is 2.93. The minimum Gasteiger partial charge on any atom is -0.397 e. The van der Waals surface area contributed by atoms with E-state index in [-0.39, 0.29) is 12.5 Å². The molecule has 4 N–H and O–H groups in total. The van der Waals surface area contributed by atoms with E-state index in [0.717, 1.165) is 25.9 Å². The second-order valence-electron chi connectivity index (χ2n) is 5.58. The normalized spacial score (nSPS) is 18.8. The molecule has 1 aliphatic rings. The molecule has 1 aromatic carbocycles. The molecule has 5 heteroatoms. The van der Waals surface area contributed by atoms with Crippen LogP contribution in [0.4, 0.5) is 11.4 Å². The molecule has 0 saturated carbocycles. The van der Waals surface area contributed by atoms with Crippen LogP contribution in [0.2, 0.25) is 0 Å².